The summed E-state index contributed by atoms with van der Waals surface area (Å²) in [6.45, 7) is 2.01. The van der Waals surface area contributed by atoms with Crippen LogP contribution < -0.4 is 0 Å². The predicted octanol–water partition coefficient (Wildman–Crippen LogP) is 1.22. The highest BCUT2D eigenvalue weighted by Gasteiger charge is 2.04. The number of aromatic nitrogens is 2. The first kappa shape index (κ1) is 4.79. The van der Waals surface area contributed by atoms with Gasteiger partial charge in [-0.3, -0.25) is 0 Å². The lowest BCUT2D eigenvalue weighted by Crippen LogP contribution is -1.87. The maximum Gasteiger partial charge on any atom is 0.0600 e. The molecule has 1 aliphatic rings. The molecule has 0 aromatic carbocycles. The van der Waals surface area contributed by atoms with E-state index >= 15 is 0 Å². The van der Waals surface area contributed by atoms with E-state index in [1.165, 1.54) is 5.69 Å². The molecular weight excluding hydrogens is 112 g/mol. The second-order valence-corrected chi connectivity index (χ2v) is 2.31. The van der Waals surface area contributed by atoms with Crippen LogP contribution in [-0.2, 0) is 6.42 Å². The number of fused-ring (bicyclic) bond motifs is 1. The zero-order valence-corrected chi connectivity index (χ0v) is 5.33. The van der Waals surface area contributed by atoms with Crippen LogP contribution in [0.25, 0.3) is 6.20 Å². The van der Waals surface area contributed by atoms with Crippen molar-refractivity contribution in [2.75, 3.05) is 0 Å². The SMILES string of the molecule is Cc1cc2n(n1)C=CC2. The van der Waals surface area contributed by atoms with Crippen LogP contribution in [0.3, 0.4) is 0 Å². The van der Waals surface area contributed by atoms with Crippen LogP contribution in [0.5, 0.6) is 0 Å². The normalized spacial score (nSPS) is 14.3. The van der Waals surface area contributed by atoms with Gasteiger partial charge >= 0.3 is 0 Å². The van der Waals surface area contributed by atoms with Crippen LogP contribution in [0.15, 0.2) is 12.1 Å². The van der Waals surface area contributed by atoms with Gasteiger partial charge in [0.05, 0.1) is 5.69 Å². The third-order valence-corrected chi connectivity index (χ3v) is 1.51. The molecule has 0 amide bonds. The molecule has 0 fully saturated rings. The summed E-state index contributed by atoms with van der Waals surface area (Å²) in [6, 6.07) is 2.11. The molecule has 2 rings (SSSR count). The monoisotopic (exact) mass is 120 g/mol. The van der Waals surface area contributed by atoms with E-state index in [1.54, 1.807) is 0 Å². The van der Waals surface area contributed by atoms with Gasteiger partial charge in [0.2, 0.25) is 0 Å². The number of allylic oxidation sites excluding steroid dienone is 1. The van der Waals surface area contributed by atoms with E-state index in [-0.39, 0.29) is 0 Å². The van der Waals surface area contributed by atoms with Crippen LogP contribution in [0.2, 0.25) is 0 Å². The van der Waals surface area contributed by atoms with Crippen molar-refractivity contribution < 1.29 is 0 Å². The van der Waals surface area contributed by atoms with Gasteiger partial charge in [-0.25, -0.2) is 4.68 Å². The van der Waals surface area contributed by atoms with Crippen molar-refractivity contribution >= 4 is 6.20 Å². The minimum absolute atomic E-state index is 1.04. The van der Waals surface area contributed by atoms with Crippen molar-refractivity contribution in [2.45, 2.75) is 13.3 Å². The summed E-state index contributed by atoms with van der Waals surface area (Å²) in [5, 5.41) is 4.22. The van der Waals surface area contributed by atoms with E-state index in [9.17, 15) is 0 Å². The fraction of sp³-hybridized carbons (Fsp3) is 0.286. The molecule has 2 nitrogen and oxygen atoms in total. The number of nitrogens with zero attached hydrogens (tertiary/aromatic N) is 2. The lowest BCUT2D eigenvalue weighted by Gasteiger charge is -1.86. The Balaban J connectivity index is 2.61. The van der Waals surface area contributed by atoms with Crippen molar-refractivity contribution in [2.24, 2.45) is 0 Å². The minimum atomic E-state index is 1.04. The number of aryl methyl sites for hydroxylation is 1. The molecule has 0 aliphatic carbocycles. The predicted molar refractivity (Wildman–Crippen MR) is 36.0 cm³/mol. The molecule has 9 heavy (non-hydrogen) atoms. The third kappa shape index (κ3) is 0.593. The van der Waals surface area contributed by atoms with Gasteiger partial charge in [-0.2, -0.15) is 5.10 Å². The van der Waals surface area contributed by atoms with E-state index in [0.29, 0.717) is 0 Å². The Morgan fingerprint density at radius 3 is 3.33 bits per heavy atom. The Morgan fingerprint density at radius 1 is 1.67 bits per heavy atom. The first-order valence-electron chi connectivity index (χ1n) is 3.08. The highest BCUT2D eigenvalue weighted by Crippen LogP contribution is 2.10. The smallest absolute Gasteiger partial charge is 0.0600 e. The molecule has 1 aromatic rings. The molecular formula is C7H8N2. The summed E-state index contributed by atoms with van der Waals surface area (Å²) in [5.74, 6) is 0. The highest BCUT2D eigenvalue weighted by atomic mass is 15.3. The second-order valence-electron chi connectivity index (χ2n) is 2.31. The van der Waals surface area contributed by atoms with Gasteiger partial charge in [-0.1, -0.05) is 6.08 Å². The van der Waals surface area contributed by atoms with Gasteiger partial charge in [-0.05, 0) is 13.0 Å². The summed E-state index contributed by atoms with van der Waals surface area (Å²) in [4.78, 5) is 0. The number of rotatable bonds is 0. The molecule has 0 radical (unpaired) electrons. The summed E-state index contributed by atoms with van der Waals surface area (Å²) >= 11 is 0. The summed E-state index contributed by atoms with van der Waals surface area (Å²) in [5.41, 5.74) is 2.40. The molecule has 0 spiro atoms. The topological polar surface area (TPSA) is 17.8 Å². The molecule has 0 atom stereocenters. The van der Waals surface area contributed by atoms with Crippen LogP contribution in [0.1, 0.15) is 11.4 Å². The summed E-state index contributed by atoms with van der Waals surface area (Å²) in [7, 11) is 0. The van der Waals surface area contributed by atoms with E-state index in [2.05, 4.69) is 17.2 Å². The quantitative estimate of drug-likeness (QED) is 0.503. The number of hydrogen-bond donors (Lipinski definition) is 0. The molecule has 0 saturated carbocycles. The maximum absolute atomic E-state index is 4.22. The van der Waals surface area contributed by atoms with Crippen molar-refractivity contribution in [1.29, 1.82) is 0 Å². The second kappa shape index (κ2) is 1.47. The molecule has 2 heterocycles. The lowest BCUT2D eigenvalue weighted by atomic mass is 10.3. The maximum atomic E-state index is 4.22. The molecule has 46 valence electrons. The molecule has 1 aliphatic heterocycles. The Kier molecular flexibility index (Phi) is 0.781. The van der Waals surface area contributed by atoms with Gasteiger partial charge in [-0.15, -0.1) is 0 Å². The van der Waals surface area contributed by atoms with Crippen molar-refractivity contribution in [3.63, 3.8) is 0 Å². The van der Waals surface area contributed by atoms with Gasteiger partial charge in [0.25, 0.3) is 0 Å². The largest absolute Gasteiger partial charge is 0.245 e. The molecule has 0 N–H and O–H groups in total. The van der Waals surface area contributed by atoms with E-state index in [4.69, 9.17) is 0 Å². The van der Waals surface area contributed by atoms with Crippen LogP contribution in [-0.4, -0.2) is 9.78 Å². The first-order chi connectivity index (χ1) is 4.36. The average molecular weight is 120 g/mol. The molecule has 0 bridgehead atoms. The highest BCUT2D eigenvalue weighted by molar-refractivity contribution is 5.34. The van der Waals surface area contributed by atoms with E-state index in [1.807, 2.05) is 17.8 Å². The number of hydrogen-bond acceptors (Lipinski definition) is 1. The summed E-state index contributed by atoms with van der Waals surface area (Å²) in [6.07, 6.45) is 5.16. The minimum Gasteiger partial charge on any atom is -0.245 e. The fourth-order valence-corrected chi connectivity index (χ4v) is 1.13. The van der Waals surface area contributed by atoms with Gasteiger partial charge in [0, 0.05) is 18.3 Å². The van der Waals surface area contributed by atoms with Crippen LogP contribution in [0, 0.1) is 6.92 Å². The molecule has 1 aromatic heterocycles. The van der Waals surface area contributed by atoms with Gasteiger partial charge < -0.3 is 0 Å². The standard InChI is InChI=1S/C7H8N2/c1-6-5-7-3-2-4-9(7)8-6/h2,4-5H,3H2,1H3. The van der Waals surface area contributed by atoms with E-state index < -0.39 is 0 Å². The third-order valence-electron chi connectivity index (χ3n) is 1.51. The van der Waals surface area contributed by atoms with Gasteiger partial charge in [0.15, 0.2) is 0 Å². The molecule has 2 heteroatoms. The van der Waals surface area contributed by atoms with Crippen LogP contribution in [0.4, 0.5) is 0 Å². The first-order valence-corrected chi connectivity index (χ1v) is 3.08. The van der Waals surface area contributed by atoms with E-state index in [0.717, 1.165) is 12.1 Å². The van der Waals surface area contributed by atoms with Crippen molar-refractivity contribution in [3.05, 3.63) is 23.5 Å². The van der Waals surface area contributed by atoms with Gasteiger partial charge in [0.1, 0.15) is 0 Å². The van der Waals surface area contributed by atoms with Crippen LogP contribution >= 0.6 is 0 Å². The molecule has 0 saturated heterocycles. The van der Waals surface area contributed by atoms with Crippen molar-refractivity contribution in [3.8, 4) is 0 Å². The fourth-order valence-electron chi connectivity index (χ4n) is 1.13. The Hall–Kier alpha value is -1.05. The Labute approximate surface area is 53.8 Å². The summed E-state index contributed by atoms with van der Waals surface area (Å²) < 4.78 is 1.93. The lowest BCUT2D eigenvalue weighted by molar-refractivity contribution is 0.890. The zero-order valence-electron chi connectivity index (χ0n) is 5.33. The Morgan fingerprint density at radius 2 is 2.56 bits per heavy atom. The molecule has 0 unspecified atom stereocenters. The van der Waals surface area contributed by atoms with Crippen molar-refractivity contribution in [1.82, 2.24) is 9.78 Å². The zero-order chi connectivity index (χ0) is 6.27. The average Bonchev–Trinajstić information content (AvgIpc) is 2.22. The Bertz CT molecular complexity index is 258.